The van der Waals surface area contributed by atoms with Gasteiger partial charge in [0.2, 0.25) is 0 Å². The van der Waals surface area contributed by atoms with Crippen LogP contribution in [0.15, 0.2) is 82.8 Å². The van der Waals surface area contributed by atoms with Gasteiger partial charge in [-0.1, -0.05) is 30.3 Å². The zero-order valence-corrected chi connectivity index (χ0v) is 20.4. The summed E-state index contributed by atoms with van der Waals surface area (Å²) in [6, 6.07) is 21.0. The summed E-state index contributed by atoms with van der Waals surface area (Å²) >= 11 is 0. The molecule has 0 aliphatic rings. The fourth-order valence-electron chi connectivity index (χ4n) is 4.39. The Morgan fingerprint density at radius 2 is 1.68 bits per heavy atom. The van der Waals surface area contributed by atoms with Crippen molar-refractivity contribution >= 4 is 39.4 Å². The van der Waals surface area contributed by atoms with Gasteiger partial charge in [0.1, 0.15) is 22.5 Å². The van der Waals surface area contributed by atoms with Crippen LogP contribution in [0.3, 0.4) is 0 Å². The van der Waals surface area contributed by atoms with Crippen molar-refractivity contribution in [3.63, 3.8) is 0 Å². The summed E-state index contributed by atoms with van der Waals surface area (Å²) in [5.41, 5.74) is 4.38. The van der Waals surface area contributed by atoms with E-state index in [9.17, 15) is 4.79 Å². The molecular weight excluding hydrogens is 466 g/mol. The van der Waals surface area contributed by atoms with E-state index in [0.29, 0.717) is 57.7 Å². The minimum absolute atomic E-state index is 0.169. The zero-order chi connectivity index (χ0) is 25.4. The molecular formula is C28H23N7O2. The fraction of sp³-hybridized carbons (Fsp3) is 0.143. The van der Waals surface area contributed by atoms with Crippen molar-refractivity contribution in [2.75, 3.05) is 7.11 Å². The number of nitrogens with zero attached hydrogens (tertiary/aromatic N) is 7. The molecule has 0 aliphatic carbocycles. The number of hydrogen-bond acceptors (Lipinski definition) is 7. The maximum absolute atomic E-state index is 13.9. The van der Waals surface area contributed by atoms with Crippen molar-refractivity contribution in [3.8, 4) is 5.75 Å². The predicted octanol–water partition coefficient (Wildman–Crippen LogP) is 4.13. The van der Waals surface area contributed by atoms with E-state index in [2.05, 4.69) is 10.1 Å². The molecule has 37 heavy (non-hydrogen) atoms. The lowest BCUT2D eigenvalue weighted by atomic mass is 10.1. The first-order valence-corrected chi connectivity index (χ1v) is 11.9. The molecule has 0 saturated carbocycles. The third-order valence-corrected chi connectivity index (χ3v) is 6.31. The zero-order valence-electron chi connectivity index (χ0n) is 20.4. The van der Waals surface area contributed by atoms with Crippen LogP contribution in [-0.4, -0.2) is 42.5 Å². The Kier molecular flexibility index (Phi) is 5.65. The maximum atomic E-state index is 13.9. The lowest BCUT2D eigenvalue weighted by molar-refractivity contribution is 0.414. The lowest BCUT2D eigenvalue weighted by Gasteiger charge is -2.10. The van der Waals surface area contributed by atoms with E-state index in [1.807, 2.05) is 73.7 Å². The van der Waals surface area contributed by atoms with Crippen LogP contribution in [-0.2, 0) is 13.0 Å². The monoisotopic (exact) mass is 489 g/mol. The number of pyridine rings is 1. The van der Waals surface area contributed by atoms with Crippen LogP contribution in [0.4, 0.5) is 0 Å². The molecule has 2 aromatic carbocycles. The van der Waals surface area contributed by atoms with Crippen LogP contribution in [0, 0.1) is 6.92 Å². The summed E-state index contributed by atoms with van der Waals surface area (Å²) in [5.74, 6) is 1.39. The molecule has 4 heterocycles. The van der Waals surface area contributed by atoms with Gasteiger partial charge in [-0.3, -0.25) is 14.3 Å². The van der Waals surface area contributed by atoms with Crippen molar-refractivity contribution in [3.05, 3.63) is 100 Å². The Labute approximate surface area is 211 Å². The summed E-state index contributed by atoms with van der Waals surface area (Å²) in [7, 11) is 1.64. The van der Waals surface area contributed by atoms with Crippen molar-refractivity contribution in [1.29, 1.82) is 0 Å². The number of hydrogen-bond donors (Lipinski definition) is 0. The first-order valence-electron chi connectivity index (χ1n) is 11.9. The second kappa shape index (κ2) is 9.27. The molecule has 182 valence electrons. The van der Waals surface area contributed by atoms with Crippen LogP contribution in [0.5, 0.6) is 5.75 Å². The normalized spacial score (nSPS) is 11.7. The highest BCUT2D eigenvalue weighted by molar-refractivity contribution is 6.04. The molecule has 0 fully saturated rings. The van der Waals surface area contributed by atoms with Gasteiger partial charge in [-0.2, -0.15) is 9.78 Å². The van der Waals surface area contributed by atoms with Gasteiger partial charge in [0.15, 0.2) is 11.3 Å². The molecule has 0 amide bonds. The van der Waals surface area contributed by atoms with Crippen LogP contribution in [0.25, 0.3) is 33.2 Å². The van der Waals surface area contributed by atoms with Gasteiger partial charge in [-0.05, 0) is 55.3 Å². The largest absolute Gasteiger partial charge is 0.497 e. The van der Waals surface area contributed by atoms with Gasteiger partial charge in [-0.25, -0.2) is 15.0 Å². The molecule has 0 saturated heterocycles. The Hall–Kier alpha value is -4.92. The SMILES string of the molecule is COc1ccc(CCn2c(C)nc3c(c2=O)c2nc4ccccc4nc2n3/N=C\c2ccccn2)cc1. The first-order chi connectivity index (χ1) is 18.1. The van der Waals surface area contributed by atoms with Crippen LogP contribution >= 0.6 is 0 Å². The third-order valence-electron chi connectivity index (χ3n) is 6.31. The quantitative estimate of drug-likeness (QED) is 0.326. The molecule has 9 heteroatoms. The Morgan fingerprint density at radius 1 is 0.919 bits per heavy atom. The number of methoxy groups -OCH3 is 1. The van der Waals surface area contributed by atoms with E-state index in [1.54, 1.807) is 28.8 Å². The molecule has 6 rings (SSSR count). The summed E-state index contributed by atoms with van der Waals surface area (Å²) < 4.78 is 8.52. The number of rotatable bonds is 6. The smallest absolute Gasteiger partial charge is 0.265 e. The Balaban J connectivity index is 1.52. The molecule has 0 N–H and O–H groups in total. The molecule has 9 nitrogen and oxygen atoms in total. The molecule has 0 radical (unpaired) electrons. The lowest BCUT2D eigenvalue weighted by Crippen LogP contribution is -2.25. The van der Waals surface area contributed by atoms with Crippen LogP contribution in [0.2, 0.25) is 0 Å². The standard InChI is InChI=1S/C28H23N7O2/c1-18-31-26-24(28(36)34(18)16-14-19-10-12-21(37-2)13-11-19)25-27(33-23-9-4-3-8-22(23)32-25)35(26)30-17-20-7-5-6-15-29-20/h3-13,15,17H,14,16H2,1-2H3/b30-17-. The van der Waals surface area contributed by atoms with E-state index < -0.39 is 0 Å². The molecule has 0 aliphatic heterocycles. The van der Waals surface area contributed by atoms with Gasteiger partial charge in [0, 0.05) is 12.7 Å². The Morgan fingerprint density at radius 3 is 2.41 bits per heavy atom. The van der Waals surface area contributed by atoms with Crippen molar-refractivity contribution < 1.29 is 4.74 Å². The summed E-state index contributed by atoms with van der Waals surface area (Å²) in [5, 5.41) is 5.02. The van der Waals surface area contributed by atoms with E-state index in [4.69, 9.17) is 19.7 Å². The highest BCUT2D eigenvalue weighted by Gasteiger charge is 2.21. The third kappa shape index (κ3) is 4.10. The summed E-state index contributed by atoms with van der Waals surface area (Å²) in [6.45, 7) is 2.31. The molecule has 0 bridgehead atoms. The van der Waals surface area contributed by atoms with Gasteiger partial charge in [0.05, 0.1) is 30.1 Å². The van der Waals surface area contributed by atoms with Crippen LogP contribution < -0.4 is 10.3 Å². The average molecular weight is 490 g/mol. The number of fused-ring (bicyclic) bond motifs is 4. The van der Waals surface area contributed by atoms with E-state index >= 15 is 0 Å². The number of aromatic nitrogens is 6. The van der Waals surface area contributed by atoms with Crippen molar-refractivity contribution in [2.45, 2.75) is 19.9 Å². The van der Waals surface area contributed by atoms with Crippen molar-refractivity contribution in [1.82, 2.24) is 29.2 Å². The van der Waals surface area contributed by atoms with Crippen LogP contribution in [0.1, 0.15) is 17.1 Å². The second-order valence-electron chi connectivity index (χ2n) is 8.61. The average Bonchev–Trinajstić information content (AvgIpc) is 3.23. The first kappa shape index (κ1) is 22.5. The maximum Gasteiger partial charge on any atom is 0.265 e. The molecule has 0 atom stereocenters. The molecule has 0 unspecified atom stereocenters. The minimum atomic E-state index is -0.169. The van der Waals surface area contributed by atoms with Gasteiger partial charge in [0.25, 0.3) is 5.56 Å². The van der Waals surface area contributed by atoms with Gasteiger partial charge < -0.3 is 4.74 Å². The highest BCUT2D eigenvalue weighted by atomic mass is 16.5. The van der Waals surface area contributed by atoms with Gasteiger partial charge in [-0.15, -0.1) is 0 Å². The second-order valence-corrected chi connectivity index (χ2v) is 8.61. The van der Waals surface area contributed by atoms with E-state index in [-0.39, 0.29) is 5.56 Å². The van der Waals surface area contributed by atoms with E-state index in [0.717, 1.165) is 11.3 Å². The number of aryl methyl sites for hydroxylation is 2. The highest BCUT2D eigenvalue weighted by Crippen LogP contribution is 2.25. The van der Waals surface area contributed by atoms with Gasteiger partial charge >= 0.3 is 0 Å². The number of ether oxygens (including phenoxy) is 1. The molecule has 0 spiro atoms. The summed E-state index contributed by atoms with van der Waals surface area (Å²) in [4.78, 5) is 32.6. The molecule has 6 aromatic rings. The summed E-state index contributed by atoms with van der Waals surface area (Å²) in [6.07, 6.45) is 4.00. The molecule has 4 aromatic heterocycles. The minimum Gasteiger partial charge on any atom is -0.497 e. The van der Waals surface area contributed by atoms with Crippen molar-refractivity contribution in [2.24, 2.45) is 5.10 Å². The fourth-order valence-corrected chi connectivity index (χ4v) is 4.39. The number of para-hydroxylation sites is 2. The topological polar surface area (TPSA) is 100 Å². The van der Waals surface area contributed by atoms with E-state index in [1.165, 1.54) is 0 Å². The predicted molar refractivity (Wildman–Crippen MR) is 143 cm³/mol. The number of benzene rings is 2. The Bertz CT molecular complexity index is 1840.